The number of piperazine rings is 1. The summed E-state index contributed by atoms with van der Waals surface area (Å²) in [5, 5.41) is 2.85. The van der Waals surface area contributed by atoms with Gasteiger partial charge in [-0.25, -0.2) is 17.8 Å². The van der Waals surface area contributed by atoms with Crippen LogP contribution < -0.4 is 4.90 Å². The van der Waals surface area contributed by atoms with Gasteiger partial charge >= 0.3 is 0 Å². The van der Waals surface area contributed by atoms with E-state index in [1.54, 1.807) is 11.3 Å². The van der Waals surface area contributed by atoms with Crippen LogP contribution in [0.3, 0.4) is 0 Å². The summed E-state index contributed by atoms with van der Waals surface area (Å²) in [6.45, 7) is 3.79. The van der Waals surface area contributed by atoms with E-state index < -0.39 is 15.8 Å². The lowest BCUT2D eigenvalue weighted by Gasteiger charge is -2.33. The van der Waals surface area contributed by atoms with E-state index >= 15 is 0 Å². The molecule has 0 spiro atoms. The molecule has 0 aliphatic carbocycles. The van der Waals surface area contributed by atoms with E-state index in [1.807, 2.05) is 6.07 Å². The van der Waals surface area contributed by atoms with Crippen molar-refractivity contribution in [1.29, 1.82) is 0 Å². The SMILES string of the molecule is Cc1cccc(Cc2csc(N3CCN(S(=O)(=O)c4ccc(F)cc4Cl)CC3)n2)c1. The molecule has 2 heterocycles. The smallest absolute Gasteiger partial charge is 0.244 e. The summed E-state index contributed by atoms with van der Waals surface area (Å²) in [5.74, 6) is -0.561. The van der Waals surface area contributed by atoms with Crippen LogP contribution in [-0.2, 0) is 16.4 Å². The lowest BCUT2D eigenvalue weighted by molar-refractivity contribution is 0.384. The minimum Gasteiger partial charge on any atom is -0.345 e. The molecule has 1 aromatic heterocycles. The third-order valence-corrected chi connectivity index (χ3v) is 8.36. The van der Waals surface area contributed by atoms with Gasteiger partial charge < -0.3 is 4.90 Å². The van der Waals surface area contributed by atoms with Crippen molar-refractivity contribution in [1.82, 2.24) is 9.29 Å². The van der Waals surface area contributed by atoms with E-state index in [1.165, 1.54) is 21.5 Å². The van der Waals surface area contributed by atoms with Crippen LogP contribution in [0.5, 0.6) is 0 Å². The number of hydrogen-bond acceptors (Lipinski definition) is 5. The average Bonchev–Trinajstić information content (AvgIpc) is 3.16. The number of sulfonamides is 1. The number of aryl methyl sites for hydroxylation is 1. The number of aromatic nitrogens is 1. The first kappa shape index (κ1) is 21.2. The van der Waals surface area contributed by atoms with Crippen molar-refractivity contribution >= 4 is 38.1 Å². The lowest BCUT2D eigenvalue weighted by atomic mass is 10.1. The number of benzene rings is 2. The number of nitrogens with zero attached hydrogens (tertiary/aromatic N) is 3. The summed E-state index contributed by atoms with van der Waals surface area (Å²) in [4.78, 5) is 6.78. The Hall–Kier alpha value is -2.00. The van der Waals surface area contributed by atoms with Crippen LogP contribution in [0.1, 0.15) is 16.8 Å². The predicted molar refractivity (Wildman–Crippen MR) is 118 cm³/mol. The Morgan fingerprint density at radius 3 is 2.60 bits per heavy atom. The number of halogens is 2. The van der Waals surface area contributed by atoms with E-state index in [4.69, 9.17) is 16.6 Å². The highest BCUT2D eigenvalue weighted by molar-refractivity contribution is 7.89. The minimum atomic E-state index is -3.76. The Morgan fingerprint density at radius 2 is 1.90 bits per heavy atom. The van der Waals surface area contributed by atoms with Gasteiger partial charge in [0.1, 0.15) is 10.7 Å². The highest BCUT2D eigenvalue weighted by Gasteiger charge is 2.31. The molecule has 5 nitrogen and oxygen atoms in total. The first-order chi connectivity index (χ1) is 14.3. The maximum absolute atomic E-state index is 13.3. The Morgan fingerprint density at radius 1 is 1.13 bits per heavy atom. The van der Waals surface area contributed by atoms with Gasteiger partial charge in [0.25, 0.3) is 0 Å². The first-order valence-electron chi connectivity index (χ1n) is 9.53. The fraction of sp³-hybridized carbons (Fsp3) is 0.286. The van der Waals surface area contributed by atoms with Crippen molar-refractivity contribution in [2.24, 2.45) is 0 Å². The maximum atomic E-state index is 13.3. The molecule has 0 amide bonds. The zero-order chi connectivity index (χ0) is 21.3. The summed E-state index contributed by atoms with van der Waals surface area (Å²) >= 11 is 7.54. The van der Waals surface area contributed by atoms with Crippen molar-refractivity contribution in [3.05, 3.63) is 75.5 Å². The highest BCUT2D eigenvalue weighted by Crippen LogP contribution is 2.28. The van der Waals surface area contributed by atoms with Crippen LogP contribution in [0.15, 0.2) is 52.7 Å². The molecule has 1 fully saturated rings. The van der Waals surface area contributed by atoms with Crippen LogP contribution >= 0.6 is 22.9 Å². The van der Waals surface area contributed by atoms with Gasteiger partial charge in [0.05, 0.1) is 10.7 Å². The minimum absolute atomic E-state index is 0.0614. The molecule has 0 radical (unpaired) electrons. The number of thiazole rings is 1. The number of rotatable bonds is 5. The monoisotopic (exact) mass is 465 g/mol. The van der Waals surface area contributed by atoms with E-state index in [2.05, 4.69) is 35.4 Å². The molecule has 4 rings (SSSR count). The number of anilines is 1. The summed E-state index contributed by atoms with van der Waals surface area (Å²) < 4.78 is 40.4. The molecule has 9 heteroatoms. The third-order valence-electron chi connectivity index (χ3n) is 5.03. The second-order valence-electron chi connectivity index (χ2n) is 7.25. The average molecular weight is 466 g/mol. The summed E-state index contributed by atoms with van der Waals surface area (Å²) in [6.07, 6.45) is 0.773. The number of hydrogen-bond donors (Lipinski definition) is 0. The van der Waals surface area contributed by atoms with Crippen LogP contribution in [0.25, 0.3) is 0 Å². The summed E-state index contributed by atoms with van der Waals surface area (Å²) in [6, 6.07) is 11.7. The van der Waals surface area contributed by atoms with Gasteiger partial charge in [-0.05, 0) is 30.7 Å². The zero-order valence-corrected chi connectivity index (χ0v) is 18.8. The Bertz CT molecular complexity index is 1160. The van der Waals surface area contributed by atoms with Gasteiger partial charge in [0, 0.05) is 38.0 Å². The highest BCUT2D eigenvalue weighted by atomic mass is 35.5. The molecule has 0 saturated carbocycles. The fourth-order valence-electron chi connectivity index (χ4n) is 3.50. The molecular weight excluding hydrogens is 445 g/mol. The molecule has 158 valence electrons. The van der Waals surface area contributed by atoms with Gasteiger partial charge in [-0.1, -0.05) is 41.4 Å². The first-order valence-corrected chi connectivity index (χ1v) is 12.2. The third kappa shape index (κ3) is 4.51. The lowest BCUT2D eigenvalue weighted by Crippen LogP contribution is -2.48. The molecule has 1 aliphatic heterocycles. The summed E-state index contributed by atoms with van der Waals surface area (Å²) in [5.41, 5.74) is 3.45. The fourth-order valence-corrected chi connectivity index (χ4v) is 6.30. The van der Waals surface area contributed by atoms with Gasteiger partial charge in [-0.2, -0.15) is 4.31 Å². The molecule has 0 bridgehead atoms. The van der Waals surface area contributed by atoms with Gasteiger partial charge in [-0.3, -0.25) is 0 Å². The molecule has 0 atom stereocenters. The standard InChI is InChI=1S/C21H21ClFN3O2S2/c1-15-3-2-4-16(11-15)12-18-14-29-21(24-18)25-7-9-26(10-8-25)30(27,28)20-6-5-17(23)13-19(20)22/h2-6,11,13-14H,7-10,12H2,1H3. The largest absolute Gasteiger partial charge is 0.345 e. The Kier molecular flexibility index (Phi) is 6.11. The van der Waals surface area contributed by atoms with Crippen LogP contribution in [0.2, 0.25) is 5.02 Å². The second-order valence-corrected chi connectivity index (χ2v) is 10.4. The van der Waals surface area contributed by atoms with E-state index in [9.17, 15) is 12.8 Å². The molecule has 2 aromatic carbocycles. The van der Waals surface area contributed by atoms with E-state index in [-0.39, 0.29) is 9.92 Å². The van der Waals surface area contributed by atoms with Crippen LogP contribution in [0.4, 0.5) is 9.52 Å². The van der Waals surface area contributed by atoms with Crippen molar-refractivity contribution in [2.45, 2.75) is 18.2 Å². The molecule has 0 unspecified atom stereocenters. The molecular formula is C21H21ClFN3O2S2. The van der Waals surface area contributed by atoms with Crippen LogP contribution in [-0.4, -0.2) is 43.9 Å². The maximum Gasteiger partial charge on any atom is 0.244 e. The van der Waals surface area contributed by atoms with Crippen molar-refractivity contribution in [3.63, 3.8) is 0 Å². The normalized spacial score (nSPS) is 15.5. The molecule has 0 N–H and O–H groups in total. The van der Waals surface area contributed by atoms with Crippen LogP contribution in [0, 0.1) is 12.7 Å². The zero-order valence-electron chi connectivity index (χ0n) is 16.4. The van der Waals surface area contributed by atoms with Gasteiger partial charge in [0.2, 0.25) is 10.0 Å². The van der Waals surface area contributed by atoms with Crippen molar-refractivity contribution in [3.8, 4) is 0 Å². The Labute approximate surface area is 184 Å². The van der Waals surface area contributed by atoms with E-state index in [0.717, 1.165) is 29.4 Å². The quantitative estimate of drug-likeness (QED) is 0.562. The topological polar surface area (TPSA) is 53.5 Å². The molecule has 30 heavy (non-hydrogen) atoms. The van der Waals surface area contributed by atoms with Gasteiger partial charge in [0.15, 0.2) is 5.13 Å². The van der Waals surface area contributed by atoms with Crippen molar-refractivity contribution in [2.75, 3.05) is 31.1 Å². The van der Waals surface area contributed by atoms with E-state index in [0.29, 0.717) is 26.2 Å². The molecule has 1 saturated heterocycles. The van der Waals surface area contributed by atoms with Gasteiger partial charge in [-0.15, -0.1) is 11.3 Å². The Balaban J connectivity index is 1.42. The summed E-state index contributed by atoms with van der Waals surface area (Å²) in [7, 11) is -3.76. The predicted octanol–water partition coefficient (Wildman–Crippen LogP) is 4.35. The second kappa shape index (κ2) is 8.63. The van der Waals surface area contributed by atoms with Crippen molar-refractivity contribution < 1.29 is 12.8 Å². The molecule has 1 aliphatic rings. The molecule has 3 aromatic rings.